The quantitative estimate of drug-likeness (QED) is 0.514. The van der Waals surface area contributed by atoms with Crippen molar-refractivity contribution in [1.29, 1.82) is 0 Å². The number of carbonyl (C=O) groups is 1. The molecule has 0 bridgehead atoms. The SMILES string of the molecule is C/C=C\C(OC)=C(/CC)CC(=O)N(C)CC. The minimum atomic E-state index is 0.137. The Labute approximate surface area is 98.8 Å². The summed E-state index contributed by atoms with van der Waals surface area (Å²) in [5, 5.41) is 0. The maximum Gasteiger partial charge on any atom is 0.226 e. The van der Waals surface area contributed by atoms with Crippen LogP contribution in [0.2, 0.25) is 0 Å². The number of allylic oxidation sites excluding steroid dienone is 2. The Morgan fingerprint density at radius 3 is 2.38 bits per heavy atom. The van der Waals surface area contributed by atoms with Gasteiger partial charge in [-0.1, -0.05) is 13.0 Å². The lowest BCUT2D eigenvalue weighted by molar-refractivity contribution is -0.129. The normalized spacial score (nSPS) is 12.6. The third-order valence-electron chi connectivity index (χ3n) is 2.58. The van der Waals surface area contributed by atoms with Gasteiger partial charge in [0.25, 0.3) is 0 Å². The van der Waals surface area contributed by atoms with Gasteiger partial charge in [0.2, 0.25) is 5.91 Å². The molecule has 3 nitrogen and oxygen atoms in total. The summed E-state index contributed by atoms with van der Waals surface area (Å²) in [5.74, 6) is 0.946. The molecule has 0 aliphatic heterocycles. The third kappa shape index (κ3) is 4.51. The zero-order valence-electron chi connectivity index (χ0n) is 11.0. The average Bonchev–Trinajstić information content (AvgIpc) is 2.31. The highest BCUT2D eigenvalue weighted by Crippen LogP contribution is 2.16. The Balaban J connectivity index is 4.79. The lowest BCUT2D eigenvalue weighted by Crippen LogP contribution is -2.26. The maximum absolute atomic E-state index is 11.8. The standard InChI is InChI=1S/C13H23NO2/c1-6-9-12(16-5)11(7-2)10-13(15)14(4)8-3/h6,9H,7-8,10H2,1-5H3/b9-6-,12-11-. The average molecular weight is 225 g/mol. The second-order valence-electron chi connectivity index (χ2n) is 3.61. The summed E-state index contributed by atoms with van der Waals surface area (Å²) in [4.78, 5) is 13.5. The number of rotatable bonds is 6. The van der Waals surface area contributed by atoms with Crippen molar-refractivity contribution in [3.63, 3.8) is 0 Å². The molecule has 0 saturated carbocycles. The molecule has 0 radical (unpaired) electrons. The first kappa shape index (κ1) is 14.8. The van der Waals surface area contributed by atoms with Crippen LogP contribution in [0.15, 0.2) is 23.5 Å². The van der Waals surface area contributed by atoms with E-state index in [-0.39, 0.29) is 5.91 Å². The number of hydrogen-bond donors (Lipinski definition) is 0. The van der Waals surface area contributed by atoms with Crippen molar-refractivity contribution < 1.29 is 9.53 Å². The van der Waals surface area contributed by atoms with E-state index in [9.17, 15) is 4.79 Å². The van der Waals surface area contributed by atoms with Gasteiger partial charge in [-0.3, -0.25) is 4.79 Å². The van der Waals surface area contributed by atoms with Gasteiger partial charge in [-0.05, 0) is 31.9 Å². The number of ether oxygens (including phenoxy) is 1. The third-order valence-corrected chi connectivity index (χ3v) is 2.58. The molecule has 3 heteroatoms. The van der Waals surface area contributed by atoms with E-state index in [1.807, 2.05) is 40.0 Å². The topological polar surface area (TPSA) is 29.5 Å². The minimum Gasteiger partial charge on any atom is -0.497 e. The van der Waals surface area contributed by atoms with Gasteiger partial charge in [0.15, 0.2) is 0 Å². The number of carbonyl (C=O) groups excluding carboxylic acids is 1. The fraction of sp³-hybridized carbons (Fsp3) is 0.615. The molecule has 0 aromatic carbocycles. The Hall–Kier alpha value is -1.25. The molecule has 0 aromatic heterocycles. The minimum absolute atomic E-state index is 0.137. The van der Waals surface area contributed by atoms with Crippen molar-refractivity contribution in [3.8, 4) is 0 Å². The Kier molecular flexibility index (Phi) is 7.34. The van der Waals surface area contributed by atoms with Crippen LogP contribution in [0.4, 0.5) is 0 Å². The molecule has 1 amide bonds. The summed E-state index contributed by atoms with van der Waals surface area (Å²) in [7, 11) is 3.46. The number of nitrogens with zero attached hydrogens (tertiary/aromatic N) is 1. The molecule has 0 heterocycles. The van der Waals surface area contributed by atoms with E-state index in [2.05, 4.69) is 0 Å². The summed E-state index contributed by atoms with van der Waals surface area (Å²) in [6.45, 7) is 6.68. The lowest BCUT2D eigenvalue weighted by atomic mass is 10.1. The number of amides is 1. The van der Waals surface area contributed by atoms with Gasteiger partial charge in [-0.25, -0.2) is 0 Å². The zero-order valence-corrected chi connectivity index (χ0v) is 11.0. The van der Waals surface area contributed by atoms with Crippen LogP contribution in [0, 0.1) is 0 Å². The van der Waals surface area contributed by atoms with Gasteiger partial charge in [-0.2, -0.15) is 0 Å². The highest BCUT2D eigenvalue weighted by atomic mass is 16.5. The largest absolute Gasteiger partial charge is 0.497 e. The zero-order chi connectivity index (χ0) is 12.6. The molecule has 16 heavy (non-hydrogen) atoms. The van der Waals surface area contributed by atoms with Crippen LogP contribution in [-0.2, 0) is 9.53 Å². The van der Waals surface area contributed by atoms with Crippen molar-refractivity contribution in [2.45, 2.75) is 33.6 Å². The Morgan fingerprint density at radius 2 is 2.00 bits per heavy atom. The van der Waals surface area contributed by atoms with Crippen LogP contribution in [0.3, 0.4) is 0 Å². The molecule has 0 aliphatic carbocycles. The number of hydrogen-bond acceptors (Lipinski definition) is 2. The van der Waals surface area contributed by atoms with Gasteiger partial charge >= 0.3 is 0 Å². The molecule has 0 N–H and O–H groups in total. The van der Waals surface area contributed by atoms with Crippen molar-refractivity contribution in [1.82, 2.24) is 4.90 Å². The van der Waals surface area contributed by atoms with Crippen LogP contribution < -0.4 is 0 Å². The molecule has 0 fully saturated rings. The highest BCUT2D eigenvalue weighted by molar-refractivity contribution is 5.78. The monoisotopic (exact) mass is 225 g/mol. The van der Waals surface area contributed by atoms with Gasteiger partial charge in [-0.15, -0.1) is 0 Å². The molecule has 92 valence electrons. The molecule has 0 atom stereocenters. The molecule has 0 aromatic rings. The van der Waals surface area contributed by atoms with E-state index >= 15 is 0 Å². The molecular formula is C13H23NO2. The van der Waals surface area contributed by atoms with Crippen molar-refractivity contribution in [3.05, 3.63) is 23.5 Å². The molecule has 0 spiro atoms. The molecule has 0 rings (SSSR count). The lowest BCUT2D eigenvalue weighted by Gasteiger charge is -2.16. The maximum atomic E-state index is 11.8. The molecule has 0 unspecified atom stereocenters. The van der Waals surface area contributed by atoms with Gasteiger partial charge in [0.1, 0.15) is 5.76 Å². The molecule has 0 saturated heterocycles. The predicted octanol–water partition coefficient (Wildman–Crippen LogP) is 2.74. The first-order valence-electron chi connectivity index (χ1n) is 5.73. The number of methoxy groups -OCH3 is 1. The van der Waals surface area contributed by atoms with Crippen LogP contribution in [0.5, 0.6) is 0 Å². The second-order valence-corrected chi connectivity index (χ2v) is 3.61. The molecule has 0 aliphatic rings. The van der Waals surface area contributed by atoms with Gasteiger partial charge < -0.3 is 9.64 Å². The van der Waals surface area contributed by atoms with E-state index in [1.54, 1.807) is 12.0 Å². The van der Waals surface area contributed by atoms with E-state index in [0.717, 1.165) is 24.3 Å². The predicted molar refractivity (Wildman–Crippen MR) is 67.1 cm³/mol. The summed E-state index contributed by atoms with van der Waals surface area (Å²) in [5.41, 5.74) is 1.05. The highest BCUT2D eigenvalue weighted by Gasteiger charge is 2.11. The summed E-state index contributed by atoms with van der Waals surface area (Å²) < 4.78 is 5.28. The van der Waals surface area contributed by atoms with Gasteiger partial charge in [0.05, 0.1) is 13.5 Å². The van der Waals surface area contributed by atoms with Crippen molar-refractivity contribution >= 4 is 5.91 Å². The van der Waals surface area contributed by atoms with Crippen LogP contribution in [0.1, 0.15) is 33.6 Å². The first-order valence-corrected chi connectivity index (χ1v) is 5.73. The summed E-state index contributed by atoms with van der Waals surface area (Å²) >= 11 is 0. The fourth-order valence-corrected chi connectivity index (χ4v) is 1.36. The smallest absolute Gasteiger partial charge is 0.226 e. The van der Waals surface area contributed by atoms with E-state index < -0.39 is 0 Å². The van der Waals surface area contributed by atoms with Crippen molar-refractivity contribution in [2.75, 3.05) is 20.7 Å². The Bertz CT molecular complexity index is 280. The fourth-order valence-electron chi connectivity index (χ4n) is 1.36. The van der Waals surface area contributed by atoms with Crippen molar-refractivity contribution in [2.24, 2.45) is 0 Å². The van der Waals surface area contributed by atoms with Crippen LogP contribution in [0.25, 0.3) is 0 Å². The van der Waals surface area contributed by atoms with Crippen LogP contribution in [-0.4, -0.2) is 31.5 Å². The van der Waals surface area contributed by atoms with Crippen LogP contribution >= 0.6 is 0 Å². The summed E-state index contributed by atoms with van der Waals surface area (Å²) in [6, 6.07) is 0. The summed E-state index contributed by atoms with van der Waals surface area (Å²) in [6.07, 6.45) is 5.09. The van der Waals surface area contributed by atoms with E-state index in [1.165, 1.54) is 0 Å². The first-order chi connectivity index (χ1) is 7.60. The second kappa shape index (κ2) is 7.97. The van der Waals surface area contributed by atoms with E-state index in [4.69, 9.17) is 4.74 Å². The molecular weight excluding hydrogens is 202 g/mol. The Morgan fingerprint density at radius 1 is 1.38 bits per heavy atom. The van der Waals surface area contributed by atoms with Gasteiger partial charge in [0, 0.05) is 13.6 Å². The van der Waals surface area contributed by atoms with E-state index in [0.29, 0.717) is 6.42 Å².